The van der Waals surface area contributed by atoms with Gasteiger partial charge in [-0.3, -0.25) is 0 Å². The zero-order valence-electron chi connectivity index (χ0n) is 12.4. The summed E-state index contributed by atoms with van der Waals surface area (Å²) in [4.78, 5) is 2.53. The average molecular weight is 245 g/mol. The Morgan fingerprint density at radius 1 is 1.17 bits per heavy atom. The van der Waals surface area contributed by atoms with E-state index in [-0.39, 0.29) is 0 Å². The third-order valence-electron chi connectivity index (χ3n) is 3.52. The minimum Gasteiger partial charge on any atom is -0.303 e. The van der Waals surface area contributed by atoms with Crippen LogP contribution in [0.5, 0.6) is 0 Å². The SMILES string of the molecule is C/C=C(/CCN(CC)CCC)c1ccccc1C. The molecule has 1 aromatic carbocycles. The van der Waals surface area contributed by atoms with E-state index in [0.717, 1.165) is 13.0 Å². The minimum atomic E-state index is 1.15. The van der Waals surface area contributed by atoms with Crippen LogP contribution in [0.4, 0.5) is 0 Å². The smallest absolute Gasteiger partial charge is 0.00218 e. The van der Waals surface area contributed by atoms with Crippen LogP contribution in [0.2, 0.25) is 0 Å². The van der Waals surface area contributed by atoms with Crippen molar-refractivity contribution < 1.29 is 0 Å². The van der Waals surface area contributed by atoms with Gasteiger partial charge >= 0.3 is 0 Å². The average Bonchev–Trinajstić information content (AvgIpc) is 2.40. The summed E-state index contributed by atoms with van der Waals surface area (Å²) < 4.78 is 0. The Hall–Kier alpha value is -1.08. The van der Waals surface area contributed by atoms with Crippen molar-refractivity contribution in [1.82, 2.24) is 4.90 Å². The van der Waals surface area contributed by atoms with Crippen LogP contribution < -0.4 is 0 Å². The maximum absolute atomic E-state index is 2.53. The van der Waals surface area contributed by atoms with Crippen LogP contribution in [-0.4, -0.2) is 24.5 Å². The topological polar surface area (TPSA) is 3.24 Å². The van der Waals surface area contributed by atoms with Crippen molar-refractivity contribution in [3.05, 3.63) is 41.5 Å². The standard InChI is InChI=1S/C17H27N/c1-5-13-18(7-3)14-12-16(6-2)17-11-9-8-10-15(17)4/h6,8-11H,5,7,12-14H2,1-4H3/b16-6-. The lowest BCUT2D eigenvalue weighted by Crippen LogP contribution is -2.25. The fourth-order valence-electron chi connectivity index (χ4n) is 2.39. The van der Waals surface area contributed by atoms with Crippen molar-refractivity contribution in [2.45, 2.75) is 40.5 Å². The van der Waals surface area contributed by atoms with Gasteiger partial charge in [0.1, 0.15) is 0 Å². The van der Waals surface area contributed by atoms with Gasteiger partial charge in [0.25, 0.3) is 0 Å². The Balaban J connectivity index is 2.66. The van der Waals surface area contributed by atoms with Gasteiger partial charge in [-0.1, -0.05) is 44.2 Å². The van der Waals surface area contributed by atoms with E-state index in [4.69, 9.17) is 0 Å². The van der Waals surface area contributed by atoms with Crippen LogP contribution in [0.1, 0.15) is 44.7 Å². The number of allylic oxidation sites excluding steroid dienone is 1. The third kappa shape index (κ3) is 4.30. The first-order valence-electron chi connectivity index (χ1n) is 7.16. The molecule has 18 heavy (non-hydrogen) atoms. The molecule has 0 bridgehead atoms. The number of hydrogen-bond donors (Lipinski definition) is 0. The van der Waals surface area contributed by atoms with Crippen molar-refractivity contribution in [2.24, 2.45) is 0 Å². The molecular weight excluding hydrogens is 218 g/mol. The fraction of sp³-hybridized carbons (Fsp3) is 0.529. The quantitative estimate of drug-likeness (QED) is 0.682. The summed E-state index contributed by atoms with van der Waals surface area (Å²) in [6, 6.07) is 8.68. The second-order valence-electron chi connectivity index (χ2n) is 4.81. The van der Waals surface area contributed by atoms with Gasteiger partial charge in [0.2, 0.25) is 0 Å². The van der Waals surface area contributed by atoms with Crippen molar-refractivity contribution in [3.63, 3.8) is 0 Å². The molecular formula is C17H27N. The van der Waals surface area contributed by atoms with Gasteiger partial charge in [0.05, 0.1) is 0 Å². The summed E-state index contributed by atoms with van der Waals surface area (Å²) in [5.74, 6) is 0. The van der Waals surface area contributed by atoms with Crippen LogP contribution in [-0.2, 0) is 0 Å². The van der Waals surface area contributed by atoms with Crippen LogP contribution >= 0.6 is 0 Å². The summed E-state index contributed by atoms with van der Waals surface area (Å²) in [6.07, 6.45) is 4.65. The predicted octanol–water partition coefficient (Wildman–Crippen LogP) is 4.52. The van der Waals surface area contributed by atoms with Crippen molar-refractivity contribution in [1.29, 1.82) is 0 Å². The highest BCUT2D eigenvalue weighted by atomic mass is 15.1. The van der Waals surface area contributed by atoms with E-state index in [0.29, 0.717) is 0 Å². The van der Waals surface area contributed by atoms with E-state index in [1.807, 2.05) is 0 Å². The summed E-state index contributed by atoms with van der Waals surface area (Å²) in [7, 11) is 0. The monoisotopic (exact) mass is 245 g/mol. The molecule has 1 rings (SSSR count). The van der Waals surface area contributed by atoms with E-state index in [2.05, 4.69) is 62.9 Å². The zero-order chi connectivity index (χ0) is 13.4. The molecule has 0 aliphatic heterocycles. The van der Waals surface area contributed by atoms with Crippen molar-refractivity contribution in [2.75, 3.05) is 19.6 Å². The van der Waals surface area contributed by atoms with Gasteiger partial charge in [-0.15, -0.1) is 0 Å². The molecule has 0 saturated carbocycles. The molecule has 0 heterocycles. The number of aryl methyl sites for hydroxylation is 1. The summed E-state index contributed by atoms with van der Waals surface area (Å²) in [6.45, 7) is 12.4. The summed E-state index contributed by atoms with van der Waals surface area (Å²) >= 11 is 0. The highest BCUT2D eigenvalue weighted by Crippen LogP contribution is 2.22. The molecule has 0 fully saturated rings. The van der Waals surface area contributed by atoms with Crippen LogP contribution in [0, 0.1) is 6.92 Å². The van der Waals surface area contributed by atoms with E-state index < -0.39 is 0 Å². The van der Waals surface area contributed by atoms with Crippen LogP contribution in [0.15, 0.2) is 30.3 Å². The van der Waals surface area contributed by atoms with Crippen LogP contribution in [0.3, 0.4) is 0 Å². The first-order chi connectivity index (χ1) is 8.72. The maximum Gasteiger partial charge on any atom is 0.00218 e. The molecule has 0 atom stereocenters. The van der Waals surface area contributed by atoms with Crippen molar-refractivity contribution in [3.8, 4) is 0 Å². The lowest BCUT2D eigenvalue weighted by molar-refractivity contribution is 0.296. The Morgan fingerprint density at radius 2 is 1.89 bits per heavy atom. The Kier molecular flexibility index (Phi) is 6.74. The fourth-order valence-corrected chi connectivity index (χ4v) is 2.39. The second-order valence-corrected chi connectivity index (χ2v) is 4.81. The minimum absolute atomic E-state index is 1.15. The molecule has 0 aromatic heterocycles. The highest BCUT2D eigenvalue weighted by Gasteiger charge is 2.06. The summed E-state index contributed by atoms with van der Waals surface area (Å²) in [5, 5.41) is 0. The van der Waals surface area contributed by atoms with E-state index in [1.165, 1.54) is 36.2 Å². The Bertz CT molecular complexity index is 379. The second kappa shape index (κ2) is 8.10. The van der Waals surface area contributed by atoms with E-state index >= 15 is 0 Å². The number of nitrogens with zero attached hydrogens (tertiary/aromatic N) is 1. The Labute approximate surface area is 113 Å². The molecule has 1 heteroatoms. The lowest BCUT2D eigenvalue weighted by atomic mass is 9.98. The van der Waals surface area contributed by atoms with Gasteiger partial charge in [-0.05, 0) is 56.5 Å². The van der Waals surface area contributed by atoms with Gasteiger partial charge < -0.3 is 4.90 Å². The van der Waals surface area contributed by atoms with Crippen molar-refractivity contribution >= 4 is 5.57 Å². The van der Waals surface area contributed by atoms with Gasteiger partial charge in [0.15, 0.2) is 0 Å². The van der Waals surface area contributed by atoms with Gasteiger partial charge in [0, 0.05) is 6.54 Å². The zero-order valence-corrected chi connectivity index (χ0v) is 12.4. The molecule has 0 N–H and O–H groups in total. The number of benzene rings is 1. The molecule has 100 valence electrons. The van der Waals surface area contributed by atoms with Crippen LogP contribution in [0.25, 0.3) is 5.57 Å². The normalized spacial score (nSPS) is 12.2. The molecule has 1 aromatic rings. The lowest BCUT2D eigenvalue weighted by Gasteiger charge is -2.20. The Morgan fingerprint density at radius 3 is 2.44 bits per heavy atom. The van der Waals surface area contributed by atoms with E-state index in [9.17, 15) is 0 Å². The molecule has 0 unspecified atom stereocenters. The molecule has 0 saturated heterocycles. The molecule has 0 spiro atoms. The largest absolute Gasteiger partial charge is 0.303 e. The number of hydrogen-bond acceptors (Lipinski definition) is 1. The van der Waals surface area contributed by atoms with Gasteiger partial charge in [-0.2, -0.15) is 0 Å². The maximum atomic E-state index is 2.53. The molecule has 1 nitrogen and oxygen atoms in total. The highest BCUT2D eigenvalue weighted by molar-refractivity contribution is 5.67. The summed E-state index contributed by atoms with van der Waals surface area (Å²) in [5.41, 5.74) is 4.26. The predicted molar refractivity (Wildman–Crippen MR) is 81.9 cm³/mol. The van der Waals surface area contributed by atoms with Gasteiger partial charge in [-0.25, -0.2) is 0 Å². The number of rotatable bonds is 7. The third-order valence-corrected chi connectivity index (χ3v) is 3.52. The molecule has 0 aliphatic rings. The molecule has 0 aliphatic carbocycles. The van der Waals surface area contributed by atoms with E-state index in [1.54, 1.807) is 0 Å². The molecule has 0 amide bonds. The molecule has 0 radical (unpaired) electrons. The first-order valence-corrected chi connectivity index (χ1v) is 7.16. The first kappa shape index (κ1) is 15.0.